The molecule has 0 radical (unpaired) electrons. The number of rotatable bonds is 8. The molecule has 0 fully saturated rings. The van der Waals surface area contributed by atoms with E-state index in [1.807, 2.05) is 56.3 Å². The zero-order chi connectivity index (χ0) is 18.2. The Kier molecular flexibility index (Phi) is 7.05. The van der Waals surface area contributed by atoms with Gasteiger partial charge in [-0.05, 0) is 48.9 Å². The fourth-order valence-corrected chi connectivity index (χ4v) is 2.87. The van der Waals surface area contributed by atoms with E-state index in [9.17, 15) is 4.79 Å². The Labute approximate surface area is 151 Å². The van der Waals surface area contributed by atoms with Gasteiger partial charge in [0.25, 0.3) is 5.91 Å². The molecule has 0 saturated heterocycles. The van der Waals surface area contributed by atoms with Crippen LogP contribution < -0.4 is 10.1 Å². The van der Waals surface area contributed by atoms with Crippen LogP contribution in [-0.2, 0) is 4.79 Å². The Hall–Kier alpha value is -2.29. The molecule has 0 aliphatic carbocycles. The minimum atomic E-state index is -0.486. The van der Waals surface area contributed by atoms with Crippen LogP contribution in [0, 0.1) is 12.8 Å². The molecule has 2 rings (SSSR count). The molecule has 2 atom stereocenters. The van der Waals surface area contributed by atoms with Crippen molar-refractivity contribution in [1.82, 2.24) is 5.32 Å². The van der Waals surface area contributed by atoms with Crippen molar-refractivity contribution in [2.24, 2.45) is 5.92 Å². The third kappa shape index (κ3) is 5.93. The average molecular weight is 339 g/mol. The van der Waals surface area contributed by atoms with E-state index < -0.39 is 6.10 Å². The smallest absolute Gasteiger partial charge is 0.261 e. The first-order chi connectivity index (χ1) is 12.0. The molecule has 0 aliphatic heterocycles. The molecule has 0 aliphatic rings. The topological polar surface area (TPSA) is 38.3 Å². The lowest BCUT2D eigenvalue weighted by atomic mass is 9.96. The summed E-state index contributed by atoms with van der Waals surface area (Å²) < 4.78 is 5.94. The predicted molar refractivity (Wildman–Crippen MR) is 103 cm³/mol. The van der Waals surface area contributed by atoms with Crippen molar-refractivity contribution in [3.8, 4) is 5.75 Å². The maximum atomic E-state index is 12.8. The van der Waals surface area contributed by atoms with Gasteiger partial charge >= 0.3 is 0 Å². The van der Waals surface area contributed by atoms with Gasteiger partial charge in [0.1, 0.15) is 5.75 Å². The van der Waals surface area contributed by atoms with Crippen LogP contribution >= 0.6 is 0 Å². The molecule has 0 bridgehead atoms. The highest BCUT2D eigenvalue weighted by Gasteiger charge is 2.23. The standard InChI is InChI=1S/C22H29NO2/c1-5-21(25-19-13-9-10-17(4)15-19)22(24)23-20(14-16(2)3)18-11-7-6-8-12-18/h6-13,15-16,20-21H,5,14H2,1-4H3,(H,23,24)/t20-,21-/m1/s1. The van der Waals surface area contributed by atoms with E-state index >= 15 is 0 Å². The highest BCUT2D eigenvalue weighted by Crippen LogP contribution is 2.22. The zero-order valence-electron chi connectivity index (χ0n) is 15.7. The van der Waals surface area contributed by atoms with Gasteiger partial charge in [-0.1, -0.05) is 63.2 Å². The summed E-state index contributed by atoms with van der Waals surface area (Å²) in [6.45, 7) is 8.33. The van der Waals surface area contributed by atoms with Gasteiger partial charge in [-0.15, -0.1) is 0 Å². The second-order valence-electron chi connectivity index (χ2n) is 6.93. The van der Waals surface area contributed by atoms with Gasteiger partial charge in [0.05, 0.1) is 6.04 Å². The summed E-state index contributed by atoms with van der Waals surface area (Å²) in [7, 11) is 0. The van der Waals surface area contributed by atoms with Crippen LogP contribution in [0.5, 0.6) is 5.75 Å². The second kappa shape index (κ2) is 9.26. The van der Waals surface area contributed by atoms with Gasteiger partial charge in [-0.25, -0.2) is 0 Å². The second-order valence-corrected chi connectivity index (χ2v) is 6.93. The number of nitrogens with one attached hydrogen (secondary N) is 1. The van der Waals surface area contributed by atoms with Gasteiger partial charge in [-0.3, -0.25) is 4.79 Å². The van der Waals surface area contributed by atoms with Crippen molar-refractivity contribution in [3.05, 3.63) is 65.7 Å². The lowest BCUT2D eigenvalue weighted by Crippen LogP contribution is -2.40. The van der Waals surface area contributed by atoms with Crippen molar-refractivity contribution < 1.29 is 9.53 Å². The Morgan fingerprint density at radius 3 is 2.40 bits per heavy atom. The van der Waals surface area contributed by atoms with Crippen LogP contribution in [-0.4, -0.2) is 12.0 Å². The largest absolute Gasteiger partial charge is 0.481 e. The highest BCUT2D eigenvalue weighted by atomic mass is 16.5. The molecule has 3 nitrogen and oxygen atoms in total. The number of ether oxygens (including phenoxy) is 1. The molecule has 0 unspecified atom stereocenters. The maximum Gasteiger partial charge on any atom is 0.261 e. The normalized spacial score (nSPS) is 13.3. The number of hydrogen-bond donors (Lipinski definition) is 1. The molecule has 25 heavy (non-hydrogen) atoms. The summed E-state index contributed by atoms with van der Waals surface area (Å²) >= 11 is 0. The number of carbonyl (C=O) groups is 1. The molecular formula is C22H29NO2. The van der Waals surface area contributed by atoms with Crippen molar-refractivity contribution in [3.63, 3.8) is 0 Å². The number of benzene rings is 2. The van der Waals surface area contributed by atoms with Crippen molar-refractivity contribution in [2.45, 2.75) is 52.7 Å². The number of hydrogen-bond acceptors (Lipinski definition) is 2. The van der Waals surface area contributed by atoms with Crippen LogP contribution in [0.1, 0.15) is 50.8 Å². The summed E-state index contributed by atoms with van der Waals surface area (Å²) in [6, 6.07) is 18.0. The van der Waals surface area contributed by atoms with E-state index in [1.54, 1.807) is 0 Å². The molecule has 2 aromatic rings. The first-order valence-corrected chi connectivity index (χ1v) is 9.08. The van der Waals surface area contributed by atoms with E-state index in [0.29, 0.717) is 12.3 Å². The van der Waals surface area contributed by atoms with Crippen LogP contribution in [0.3, 0.4) is 0 Å². The Morgan fingerprint density at radius 2 is 1.80 bits per heavy atom. The van der Waals surface area contributed by atoms with Crippen molar-refractivity contribution in [2.75, 3.05) is 0 Å². The van der Waals surface area contributed by atoms with E-state index in [1.165, 1.54) is 0 Å². The summed E-state index contributed by atoms with van der Waals surface area (Å²) in [4.78, 5) is 12.8. The monoisotopic (exact) mass is 339 g/mol. The molecule has 0 spiro atoms. The third-order valence-corrected chi connectivity index (χ3v) is 4.16. The minimum absolute atomic E-state index is 0.00357. The first-order valence-electron chi connectivity index (χ1n) is 9.08. The average Bonchev–Trinajstić information content (AvgIpc) is 2.59. The molecule has 2 aromatic carbocycles. The fourth-order valence-electron chi connectivity index (χ4n) is 2.87. The van der Waals surface area contributed by atoms with E-state index in [4.69, 9.17) is 4.74 Å². The number of carbonyl (C=O) groups excluding carboxylic acids is 1. The van der Waals surface area contributed by atoms with E-state index in [0.717, 1.165) is 23.3 Å². The first kappa shape index (κ1) is 19.0. The molecule has 0 saturated carbocycles. The summed E-state index contributed by atoms with van der Waals surface area (Å²) in [5.74, 6) is 1.17. The molecule has 1 amide bonds. The van der Waals surface area contributed by atoms with Crippen LogP contribution in [0.4, 0.5) is 0 Å². The number of amides is 1. The van der Waals surface area contributed by atoms with Gasteiger partial charge in [-0.2, -0.15) is 0 Å². The Bertz CT molecular complexity index is 667. The summed E-state index contributed by atoms with van der Waals surface area (Å²) in [5.41, 5.74) is 2.25. The van der Waals surface area contributed by atoms with Gasteiger partial charge in [0, 0.05) is 0 Å². The molecule has 1 N–H and O–H groups in total. The fraction of sp³-hybridized carbons (Fsp3) is 0.409. The molecule has 134 valence electrons. The Morgan fingerprint density at radius 1 is 1.08 bits per heavy atom. The molecular weight excluding hydrogens is 310 g/mol. The van der Waals surface area contributed by atoms with Crippen molar-refractivity contribution in [1.29, 1.82) is 0 Å². The van der Waals surface area contributed by atoms with E-state index in [2.05, 4.69) is 31.3 Å². The Balaban J connectivity index is 2.09. The van der Waals surface area contributed by atoms with Crippen LogP contribution in [0.15, 0.2) is 54.6 Å². The highest BCUT2D eigenvalue weighted by molar-refractivity contribution is 5.81. The maximum absolute atomic E-state index is 12.8. The third-order valence-electron chi connectivity index (χ3n) is 4.16. The molecule has 0 aromatic heterocycles. The zero-order valence-corrected chi connectivity index (χ0v) is 15.7. The van der Waals surface area contributed by atoms with Crippen LogP contribution in [0.25, 0.3) is 0 Å². The lowest BCUT2D eigenvalue weighted by Gasteiger charge is -2.24. The van der Waals surface area contributed by atoms with Crippen molar-refractivity contribution >= 4 is 5.91 Å². The molecule has 3 heteroatoms. The molecule has 0 heterocycles. The van der Waals surface area contributed by atoms with E-state index in [-0.39, 0.29) is 11.9 Å². The number of aryl methyl sites for hydroxylation is 1. The minimum Gasteiger partial charge on any atom is -0.481 e. The quantitative estimate of drug-likeness (QED) is 0.730. The summed E-state index contributed by atoms with van der Waals surface area (Å²) in [5, 5.41) is 3.19. The van der Waals surface area contributed by atoms with Crippen LogP contribution in [0.2, 0.25) is 0 Å². The lowest BCUT2D eigenvalue weighted by molar-refractivity contribution is -0.129. The predicted octanol–water partition coefficient (Wildman–Crippen LogP) is 5.06. The van der Waals surface area contributed by atoms with Gasteiger partial charge < -0.3 is 10.1 Å². The summed E-state index contributed by atoms with van der Waals surface area (Å²) in [6.07, 6.45) is 1.04. The van der Waals surface area contributed by atoms with Gasteiger partial charge in [0.15, 0.2) is 6.10 Å². The van der Waals surface area contributed by atoms with Gasteiger partial charge in [0.2, 0.25) is 0 Å². The SMILES string of the molecule is CC[C@@H](Oc1cccc(C)c1)C(=O)N[C@H](CC(C)C)c1ccccc1.